The highest BCUT2D eigenvalue weighted by molar-refractivity contribution is 7.93. The Morgan fingerprint density at radius 1 is 1.21 bits per heavy atom. The highest BCUT2D eigenvalue weighted by Gasteiger charge is 2.21. The molecule has 2 aromatic carbocycles. The number of carbonyl (C=O) groups is 1. The van der Waals surface area contributed by atoms with E-state index >= 15 is 0 Å². The number of aromatic nitrogens is 2. The van der Waals surface area contributed by atoms with Crippen LogP contribution in [0.5, 0.6) is 5.75 Å². The summed E-state index contributed by atoms with van der Waals surface area (Å²) in [6, 6.07) is 10.1. The Balaban J connectivity index is 1.45. The highest BCUT2D eigenvalue weighted by atomic mass is 32.2. The van der Waals surface area contributed by atoms with Crippen LogP contribution in [0.25, 0.3) is 11.1 Å². The lowest BCUT2D eigenvalue weighted by Gasteiger charge is -2.26. The van der Waals surface area contributed by atoms with Gasteiger partial charge in [-0.2, -0.15) is 4.37 Å². The number of hydrogen-bond acceptors (Lipinski definition) is 8. The van der Waals surface area contributed by atoms with Crippen LogP contribution in [-0.4, -0.2) is 62.0 Å². The molecule has 1 amide bonds. The first-order chi connectivity index (χ1) is 15.9. The van der Waals surface area contributed by atoms with Gasteiger partial charge >= 0.3 is 0 Å². The van der Waals surface area contributed by atoms with Gasteiger partial charge in [-0.15, -0.1) is 0 Å². The Bertz CT molecular complexity index is 1240. The molecular formula is C21H21FN4O5S2. The Morgan fingerprint density at radius 3 is 2.64 bits per heavy atom. The van der Waals surface area contributed by atoms with Gasteiger partial charge in [0, 0.05) is 30.2 Å². The summed E-state index contributed by atoms with van der Waals surface area (Å²) < 4.78 is 56.1. The zero-order chi connectivity index (χ0) is 23.4. The van der Waals surface area contributed by atoms with Crippen molar-refractivity contribution >= 4 is 32.6 Å². The molecule has 4 rings (SSSR count). The minimum atomic E-state index is -3.93. The maximum absolute atomic E-state index is 13.7. The first kappa shape index (κ1) is 23.1. The highest BCUT2D eigenvalue weighted by Crippen LogP contribution is 2.31. The number of anilines is 1. The number of carbonyl (C=O) groups excluding carboxylic acids is 1. The van der Waals surface area contributed by atoms with Crippen molar-refractivity contribution in [3.63, 3.8) is 0 Å². The van der Waals surface area contributed by atoms with Crippen molar-refractivity contribution in [3.05, 3.63) is 54.1 Å². The smallest absolute Gasteiger partial charge is 0.263 e. The summed E-state index contributed by atoms with van der Waals surface area (Å²) in [7, 11) is -2.45. The van der Waals surface area contributed by atoms with Crippen LogP contribution >= 0.6 is 11.5 Å². The molecule has 3 aromatic rings. The quantitative estimate of drug-likeness (QED) is 0.540. The largest absolute Gasteiger partial charge is 0.496 e. The van der Waals surface area contributed by atoms with E-state index in [0.29, 0.717) is 43.2 Å². The van der Waals surface area contributed by atoms with E-state index in [1.807, 2.05) is 0 Å². The minimum absolute atomic E-state index is 0.00256. The molecule has 1 saturated heterocycles. The Labute approximate surface area is 194 Å². The number of amides is 1. The lowest BCUT2D eigenvalue weighted by Crippen LogP contribution is -2.41. The lowest BCUT2D eigenvalue weighted by atomic mass is 10.0. The molecular weight excluding hydrogens is 471 g/mol. The maximum atomic E-state index is 13.7. The van der Waals surface area contributed by atoms with E-state index in [1.54, 1.807) is 17.0 Å². The molecule has 1 N–H and O–H groups in total. The fraction of sp³-hybridized carbons (Fsp3) is 0.286. The van der Waals surface area contributed by atoms with Gasteiger partial charge < -0.3 is 14.4 Å². The van der Waals surface area contributed by atoms with Gasteiger partial charge in [0.25, 0.3) is 10.0 Å². The van der Waals surface area contributed by atoms with Gasteiger partial charge in [-0.1, -0.05) is 12.1 Å². The molecule has 0 spiro atoms. The van der Waals surface area contributed by atoms with Crippen molar-refractivity contribution in [2.24, 2.45) is 0 Å². The first-order valence-corrected chi connectivity index (χ1v) is 12.3. The zero-order valence-electron chi connectivity index (χ0n) is 17.7. The summed E-state index contributed by atoms with van der Waals surface area (Å²) in [6.07, 6.45) is -0.0115. The van der Waals surface area contributed by atoms with Gasteiger partial charge in [-0.05, 0) is 35.9 Å². The number of methoxy groups -OCH3 is 1. The number of hydrogen-bond donors (Lipinski definition) is 1. The van der Waals surface area contributed by atoms with Gasteiger partial charge in [0.1, 0.15) is 11.6 Å². The van der Waals surface area contributed by atoms with E-state index in [9.17, 15) is 17.6 Å². The molecule has 1 aromatic heterocycles. The van der Waals surface area contributed by atoms with Crippen LogP contribution in [-0.2, 0) is 26.0 Å². The van der Waals surface area contributed by atoms with Crippen molar-refractivity contribution in [1.29, 1.82) is 0 Å². The molecule has 12 heteroatoms. The number of sulfonamides is 1. The Kier molecular flexibility index (Phi) is 6.86. The summed E-state index contributed by atoms with van der Waals surface area (Å²) in [6.45, 7) is 2.01. The number of ether oxygens (including phenoxy) is 2. The van der Waals surface area contributed by atoms with Crippen molar-refractivity contribution in [1.82, 2.24) is 14.3 Å². The SMILES string of the molecule is COc1ccc(F)cc1-c1ccc(S(=O)(=O)Nc2nc(CC(=O)N3CCOCC3)ns2)cc1. The Morgan fingerprint density at radius 2 is 1.94 bits per heavy atom. The van der Waals surface area contributed by atoms with E-state index in [4.69, 9.17) is 9.47 Å². The van der Waals surface area contributed by atoms with Gasteiger partial charge in [0.2, 0.25) is 11.0 Å². The monoisotopic (exact) mass is 492 g/mol. The minimum Gasteiger partial charge on any atom is -0.496 e. The normalized spacial score (nSPS) is 14.2. The average Bonchev–Trinajstić information content (AvgIpc) is 3.25. The van der Waals surface area contributed by atoms with Gasteiger partial charge in [-0.3, -0.25) is 9.52 Å². The summed E-state index contributed by atoms with van der Waals surface area (Å²) in [5, 5.41) is 0.0654. The number of nitrogens with zero attached hydrogens (tertiary/aromatic N) is 3. The molecule has 1 aliphatic rings. The summed E-state index contributed by atoms with van der Waals surface area (Å²) in [5.74, 6) is 0.165. The standard InChI is InChI=1S/C21H21FN4O5S2/c1-30-18-7-4-15(22)12-17(18)14-2-5-16(6-3-14)33(28,29)25-21-23-19(24-32-21)13-20(27)26-8-10-31-11-9-26/h2-7,12H,8-11,13H2,1H3,(H,23,24,25). The summed E-state index contributed by atoms with van der Waals surface area (Å²) in [4.78, 5) is 18.1. The van der Waals surface area contributed by atoms with Crippen LogP contribution < -0.4 is 9.46 Å². The lowest BCUT2D eigenvalue weighted by molar-refractivity contribution is -0.134. The molecule has 0 atom stereocenters. The van der Waals surface area contributed by atoms with Crippen LogP contribution in [0.15, 0.2) is 47.4 Å². The molecule has 1 aliphatic heterocycles. The van der Waals surface area contributed by atoms with Crippen LogP contribution in [0.4, 0.5) is 9.52 Å². The average molecular weight is 493 g/mol. The third kappa shape index (κ3) is 5.46. The van der Waals surface area contributed by atoms with Crippen LogP contribution in [0, 0.1) is 5.82 Å². The topological polar surface area (TPSA) is 111 Å². The molecule has 174 valence electrons. The fourth-order valence-corrected chi connectivity index (χ4v) is 5.13. The molecule has 33 heavy (non-hydrogen) atoms. The first-order valence-electron chi connectivity index (χ1n) is 10.0. The van der Waals surface area contributed by atoms with Crippen LogP contribution in [0.1, 0.15) is 5.82 Å². The summed E-state index contributed by atoms with van der Waals surface area (Å²) in [5.41, 5.74) is 1.11. The van der Waals surface area contributed by atoms with Gasteiger partial charge in [-0.25, -0.2) is 17.8 Å². The van der Waals surface area contributed by atoms with E-state index in [-0.39, 0.29) is 28.2 Å². The molecule has 1 fully saturated rings. The molecule has 2 heterocycles. The second-order valence-electron chi connectivity index (χ2n) is 7.16. The molecule has 0 radical (unpaired) electrons. The predicted molar refractivity (Wildman–Crippen MR) is 120 cm³/mol. The molecule has 0 aliphatic carbocycles. The zero-order valence-corrected chi connectivity index (χ0v) is 19.3. The van der Waals surface area contributed by atoms with Gasteiger partial charge in [0.15, 0.2) is 5.82 Å². The predicted octanol–water partition coefficient (Wildman–Crippen LogP) is 2.55. The fourth-order valence-electron chi connectivity index (χ4n) is 3.32. The van der Waals surface area contributed by atoms with E-state index in [0.717, 1.165) is 11.5 Å². The van der Waals surface area contributed by atoms with Crippen LogP contribution in [0.3, 0.4) is 0 Å². The van der Waals surface area contributed by atoms with E-state index in [2.05, 4.69) is 14.1 Å². The number of nitrogens with one attached hydrogen (secondary N) is 1. The molecule has 9 nitrogen and oxygen atoms in total. The number of halogens is 1. The number of rotatable bonds is 7. The molecule has 0 unspecified atom stereocenters. The third-order valence-corrected chi connectivity index (χ3v) is 7.15. The van der Waals surface area contributed by atoms with Crippen molar-refractivity contribution < 1.29 is 27.1 Å². The van der Waals surface area contributed by atoms with Crippen molar-refractivity contribution in [2.75, 3.05) is 38.1 Å². The summed E-state index contributed by atoms with van der Waals surface area (Å²) >= 11 is 0.861. The number of morpholine rings is 1. The molecule has 0 saturated carbocycles. The number of benzene rings is 2. The Hall–Kier alpha value is -3.09. The third-order valence-electron chi connectivity index (χ3n) is 5.00. The van der Waals surface area contributed by atoms with Gasteiger partial charge in [0.05, 0.1) is 31.6 Å². The maximum Gasteiger partial charge on any atom is 0.263 e. The second kappa shape index (κ2) is 9.81. The molecule has 0 bridgehead atoms. The van der Waals surface area contributed by atoms with Crippen molar-refractivity contribution in [3.8, 4) is 16.9 Å². The van der Waals surface area contributed by atoms with Crippen LogP contribution in [0.2, 0.25) is 0 Å². The van der Waals surface area contributed by atoms with E-state index < -0.39 is 15.8 Å². The van der Waals surface area contributed by atoms with Crippen molar-refractivity contribution in [2.45, 2.75) is 11.3 Å². The van der Waals surface area contributed by atoms with E-state index in [1.165, 1.54) is 37.4 Å². The second-order valence-corrected chi connectivity index (χ2v) is 9.59.